The van der Waals surface area contributed by atoms with E-state index in [1.54, 1.807) is 0 Å². The molecule has 92 valence electrons. The molecule has 0 atom stereocenters. The number of hydrogen-bond acceptors (Lipinski definition) is 0. The maximum atomic E-state index is 3.17. The largest absolute Gasteiger partial charge is 0.102 e. The van der Waals surface area contributed by atoms with Crippen LogP contribution in [0.4, 0.5) is 0 Å². The van der Waals surface area contributed by atoms with Crippen molar-refractivity contribution in [2.45, 2.75) is 71.6 Å². The van der Waals surface area contributed by atoms with Crippen molar-refractivity contribution in [2.75, 3.05) is 0 Å². The SMILES string of the molecule is CCCC#CCC#CCC#CCCCCCC. The molecule has 0 saturated heterocycles. The van der Waals surface area contributed by atoms with E-state index in [2.05, 4.69) is 49.4 Å². The first-order chi connectivity index (χ1) is 8.41. The summed E-state index contributed by atoms with van der Waals surface area (Å²) in [7, 11) is 0. The molecule has 0 aromatic rings. The molecular weight excluding hydrogens is 204 g/mol. The van der Waals surface area contributed by atoms with E-state index in [0.717, 1.165) is 19.3 Å². The summed E-state index contributed by atoms with van der Waals surface area (Å²) >= 11 is 0. The van der Waals surface area contributed by atoms with Crippen molar-refractivity contribution in [1.29, 1.82) is 0 Å². The van der Waals surface area contributed by atoms with Gasteiger partial charge in [-0.2, -0.15) is 0 Å². The highest BCUT2D eigenvalue weighted by Crippen LogP contribution is 2.00. The first-order valence-electron chi connectivity index (χ1n) is 6.79. The molecule has 0 bridgehead atoms. The summed E-state index contributed by atoms with van der Waals surface area (Å²) in [4.78, 5) is 0. The van der Waals surface area contributed by atoms with E-state index in [1.807, 2.05) is 0 Å². The summed E-state index contributed by atoms with van der Waals surface area (Å²) in [5.74, 6) is 18.4. The first kappa shape index (κ1) is 15.7. The number of unbranched alkanes of at least 4 members (excludes halogenated alkanes) is 5. The van der Waals surface area contributed by atoms with Crippen LogP contribution in [-0.4, -0.2) is 0 Å². The number of hydrogen-bond donors (Lipinski definition) is 0. The van der Waals surface area contributed by atoms with E-state index in [-0.39, 0.29) is 0 Å². The fourth-order valence-corrected chi connectivity index (χ4v) is 1.28. The minimum Gasteiger partial charge on any atom is -0.102 e. The van der Waals surface area contributed by atoms with Crippen LogP contribution in [0, 0.1) is 35.5 Å². The van der Waals surface area contributed by atoms with Gasteiger partial charge in [0.05, 0.1) is 12.8 Å². The van der Waals surface area contributed by atoms with Crippen molar-refractivity contribution in [2.24, 2.45) is 0 Å². The quantitative estimate of drug-likeness (QED) is 0.478. The molecule has 0 aliphatic heterocycles. The van der Waals surface area contributed by atoms with Gasteiger partial charge in [0.15, 0.2) is 0 Å². The second-order valence-corrected chi connectivity index (χ2v) is 3.97. The first-order valence-corrected chi connectivity index (χ1v) is 6.79. The molecule has 0 nitrogen and oxygen atoms in total. The van der Waals surface area contributed by atoms with Gasteiger partial charge in [0.25, 0.3) is 0 Å². The second kappa shape index (κ2) is 14.7. The fourth-order valence-electron chi connectivity index (χ4n) is 1.28. The summed E-state index contributed by atoms with van der Waals surface area (Å²) in [6.07, 6.45) is 9.69. The normalized spacial score (nSPS) is 8.12. The van der Waals surface area contributed by atoms with Crippen LogP contribution in [0.15, 0.2) is 0 Å². The molecule has 0 radical (unpaired) electrons. The molecule has 0 aliphatic rings. The van der Waals surface area contributed by atoms with Gasteiger partial charge in [-0.3, -0.25) is 0 Å². The Labute approximate surface area is 108 Å². The lowest BCUT2D eigenvalue weighted by Gasteiger charge is -1.91. The van der Waals surface area contributed by atoms with Crippen LogP contribution in [0.3, 0.4) is 0 Å². The lowest BCUT2D eigenvalue weighted by Crippen LogP contribution is -1.73. The molecule has 0 spiro atoms. The lowest BCUT2D eigenvalue weighted by atomic mass is 10.1. The third-order valence-electron chi connectivity index (χ3n) is 2.26. The van der Waals surface area contributed by atoms with Crippen molar-refractivity contribution in [1.82, 2.24) is 0 Å². The Kier molecular flexibility index (Phi) is 13.5. The zero-order valence-corrected chi connectivity index (χ0v) is 11.4. The second-order valence-electron chi connectivity index (χ2n) is 3.97. The van der Waals surface area contributed by atoms with Gasteiger partial charge in [0, 0.05) is 12.8 Å². The molecular formula is C17H24. The molecule has 0 saturated carbocycles. The summed E-state index contributed by atoms with van der Waals surface area (Å²) in [5.41, 5.74) is 0. The highest BCUT2D eigenvalue weighted by atomic mass is 13.9. The van der Waals surface area contributed by atoms with E-state index >= 15 is 0 Å². The monoisotopic (exact) mass is 228 g/mol. The van der Waals surface area contributed by atoms with E-state index in [0.29, 0.717) is 12.8 Å². The smallest absolute Gasteiger partial charge is 0.0702 e. The van der Waals surface area contributed by atoms with Gasteiger partial charge >= 0.3 is 0 Å². The number of rotatable bonds is 5. The van der Waals surface area contributed by atoms with Crippen LogP contribution in [0.25, 0.3) is 0 Å². The van der Waals surface area contributed by atoms with Crippen LogP contribution in [-0.2, 0) is 0 Å². The summed E-state index contributed by atoms with van der Waals surface area (Å²) in [5, 5.41) is 0. The molecule has 0 aromatic heterocycles. The zero-order chi connectivity index (χ0) is 12.6. The maximum Gasteiger partial charge on any atom is 0.0702 e. The Morgan fingerprint density at radius 1 is 0.529 bits per heavy atom. The summed E-state index contributed by atoms with van der Waals surface area (Å²) in [6, 6.07) is 0. The lowest BCUT2D eigenvalue weighted by molar-refractivity contribution is 0.679. The van der Waals surface area contributed by atoms with E-state index in [9.17, 15) is 0 Å². The van der Waals surface area contributed by atoms with E-state index in [1.165, 1.54) is 25.7 Å². The molecule has 0 unspecified atom stereocenters. The van der Waals surface area contributed by atoms with Crippen molar-refractivity contribution >= 4 is 0 Å². The molecule has 0 heterocycles. The molecule has 0 heteroatoms. The van der Waals surface area contributed by atoms with Gasteiger partial charge in [0.1, 0.15) is 0 Å². The predicted molar refractivity (Wildman–Crippen MR) is 76.2 cm³/mol. The fraction of sp³-hybridized carbons (Fsp3) is 0.647. The Morgan fingerprint density at radius 3 is 1.71 bits per heavy atom. The molecule has 0 rings (SSSR count). The van der Waals surface area contributed by atoms with Crippen LogP contribution < -0.4 is 0 Å². The third-order valence-corrected chi connectivity index (χ3v) is 2.26. The minimum absolute atomic E-state index is 0.693. The van der Waals surface area contributed by atoms with Gasteiger partial charge < -0.3 is 0 Å². The zero-order valence-electron chi connectivity index (χ0n) is 11.4. The average molecular weight is 228 g/mol. The minimum atomic E-state index is 0.693. The Bertz CT molecular complexity index is 329. The topological polar surface area (TPSA) is 0 Å². The maximum absolute atomic E-state index is 3.17. The van der Waals surface area contributed by atoms with Crippen LogP contribution in [0.2, 0.25) is 0 Å². The Hall–Kier alpha value is -1.32. The molecule has 17 heavy (non-hydrogen) atoms. The molecule has 0 N–H and O–H groups in total. The summed E-state index contributed by atoms with van der Waals surface area (Å²) in [6.45, 7) is 4.36. The van der Waals surface area contributed by atoms with Crippen molar-refractivity contribution in [3.05, 3.63) is 0 Å². The predicted octanol–water partition coefficient (Wildman–Crippen LogP) is 4.55. The van der Waals surface area contributed by atoms with Gasteiger partial charge in [-0.05, 0) is 12.8 Å². The van der Waals surface area contributed by atoms with Gasteiger partial charge in [-0.15, -0.1) is 11.8 Å². The average Bonchev–Trinajstić information content (AvgIpc) is 2.35. The highest BCUT2D eigenvalue weighted by Gasteiger charge is 1.83. The van der Waals surface area contributed by atoms with Gasteiger partial charge in [0.2, 0.25) is 0 Å². The van der Waals surface area contributed by atoms with Crippen molar-refractivity contribution in [3.8, 4) is 35.5 Å². The van der Waals surface area contributed by atoms with Crippen LogP contribution in [0.5, 0.6) is 0 Å². The molecule has 0 aliphatic carbocycles. The third kappa shape index (κ3) is 14.7. The van der Waals surface area contributed by atoms with Crippen LogP contribution >= 0.6 is 0 Å². The van der Waals surface area contributed by atoms with Gasteiger partial charge in [-0.1, -0.05) is 56.8 Å². The Balaban J connectivity index is 3.41. The van der Waals surface area contributed by atoms with Crippen molar-refractivity contribution < 1.29 is 0 Å². The molecule has 0 amide bonds. The van der Waals surface area contributed by atoms with Crippen molar-refractivity contribution in [3.63, 3.8) is 0 Å². The highest BCUT2D eigenvalue weighted by molar-refractivity contribution is 5.16. The molecule has 0 aromatic carbocycles. The summed E-state index contributed by atoms with van der Waals surface area (Å²) < 4.78 is 0. The van der Waals surface area contributed by atoms with Crippen LogP contribution in [0.1, 0.15) is 71.6 Å². The Morgan fingerprint density at radius 2 is 1.12 bits per heavy atom. The molecule has 0 fully saturated rings. The standard InChI is InChI=1S/C17H24/c1-3-5-7-9-11-13-15-17-16-14-12-10-8-6-4-2/h3-7,9,11-12,17H2,1-2H3. The van der Waals surface area contributed by atoms with Gasteiger partial charge in [-0.25, -0.2) is 0 Å². The van der Waals surface area contributed by atoms with E-state index < -0.39 is 0 Å². The van der Waals surface area contributed by atoms with E-state index in [4.69, 9.17) is 0 Å².